The SMILES string of the molecule is CC1CSCCN1c1ccc(C(N)=NO)cc1[N+](=O)[O-]. The molecule has 8 heteroatoms. The Hall–Kier alpha value is -1.96. The second kappa shape index (κ2) is 6.00. The van der Waals surface area contributed by atoms with Gasteiger partial charge in [0.05, 0.1) is 4.92 Å². The maximum atomic E-state index is 11.3. The quantitative estimate of drug-likeness (QED) is 0.289. The number of benzene rings is 1. The third-order valence-corrected chi connectivity index (χ3v) is 4.44. The maximum absolute atomic E-state index is 11.3. The van der Waals surface area contributed by atoms with Crippen LogP contribution < -0.4 is 10.6 Å². The second-order valence-corrected chi connectivity index (χ2v) is 5.71. The van der Waals surface area contributed by atoms with Gasteiger partial charge in [0, 0.05) is 35.7 Å². The Bertz CT molecular complexity index is 550. The zero-order valence-electron chi connectivity index (χ0n) is 11.0. The molecule has 1 unspecified atom stereocenters. The van der Waals surface area contributed by atoms with Crippen LogP contribution in [0.25, 0.3) is 0 Å². The molecule has 2 rings (SSSR count). The summed E-state index contributed by atoms with van der Waals surface area (Å²) in [5.74, 6) is 1.75. The lowest BCUT2D eigenvalue weighted by Crippen LogP contribution is -2.40. The number of nitro benzene ring substituents is 1. The van der Waals surface area contributed by atoms with Gasteiger partial charge in [-0.25, -0.2) is 0 Å². The molecule has 0 saturated carbocycles. The van der Waals surface area contributed by atoms with Crippen molar-refractivity contribution in [3.63, 3.8) is 0 Å². The van der Waals surface area contributed by atoms with Gasteiger partial charge in [0.15, 0.2) is 5.84 Å². The third kappa shape index (κ3) is 2.79. The molecule has 20 heavy (non-hydrogen) atoms. The minimum atomic E-state index is -0.433. The van der Waals surface area contributed by atoms with Crippen LogP contribution in [-0.2, 0) is 0 Å². The molecule has 3 N–H and O–H groups in total. The number of amidine groups is 1. The minimum Gasteiger partial charge on any atom is -0.409 e. The lowest BCUT2D eigenvalue weighted by atomic mass is 10.1. The van der Waals surface area contributed by atoms with Crippen LogP contribution in [0.3, 0.4) is 0 Å². The second-order valence-electron chi connectivity index (χ2n) is 4.56. The Balaban J connectivity index is 2.44. The van der Waals surface area contributed by atoms with Gasteiger partial charge in [0.1, 0.15) is 5.69 Å². The number of thioether (sulfide) groups is 1. The average Bonchev–Trinajstić information content (AvgIpc) is 2.46. The molecule has 0 bridgehead atoms. The molecule has 0 aromatic heterocycles. The Labute approximate surface area is 120 Å². The first-order valence-electron chi connectivity index (χ1n) is 6.15. The van der Waals surface area contributed by atoms with Crippen LogP contribution in [0, 0.1) is 10.1 Å². The van der Waals surface area contributed by atoms with Crippen LogP contribution in [0.1, 0.15) is 12.5 Å². The van der Waals surface area contributed by atoms with E-state index in [1.807, 2.05) is 23.6 Å². The molecule has 1 fully saturated rings. The number of rotatable bonds is 3. The van der Waals surface area contributed by atoms with Gasteiger partial charge in [-0.1, -0.05) is 5.16 Å². The van der Waals surface area contributed by atoms with Crippen molar-refractivity contribution in [2.45, 2.75) is 13.0 Å². The highest BCUT2D eigenvalue weighted by molar-refractivity contribution is 7.99. The van der Waals surface area contributed by atoms with Crippen molar-refractivity contribution in [2.75, 3.05) is 23.0 Å². The van der Waals surface area contributed by atoms with Gasteiger partial charge in [0.25, 0.3) is 5.69 Å². The zero-order chi connectivity index (χ0) is 14.7. The van der Waals surface area contributed by atoms with Crippen molar-refractivity contribution in [1.82, 2.24) is 0 Å². The van der Waals surface area contributed by atoms with Crippen LogP contribution in [0.5, 0.6) is 0 Å². The lowest BCUT2D eigenvalue weighted by molar-refractivity contribution is -0.384. The number of nitrogens with two attached hydrogens (primary N) is 1. The van der Waals surface area contributed by atoms with Gasteiger partial charge in [-0.15, -0.1) is 0 Å². The van der Waals surface area contributed by atoms with E-state index in [-0.39, 0.29) is 17.6 Å². The smallest absolute Gasteiger partial charge is 0.293 e. The van der Waals surface area contributed by atoms with E-state index in [9.17, 15) is 10.1 Å². The summed E-state index contributed by atoms with van der Waals surface area (Å²) < 4.78 is 0. The Kier molecular flexibility index (Phi) is 4.33. The highest BCUT2D eigenvalue weighted by Crippen LogP contribution is 2.33. The normalized spacial score (nSPS) is 19.9. The summed E-state index contributed by atoms with van der Waals surface area (Å²) in [6.07, 6.45) is 0. The highest BCUT2D eigenvalue weighted by atomic mass is 32.2. The third-order valence-electron chi connectivity index (χ3n) is 3.25. The lowest BCUT2D eigenvalue weighted by Gasteiger charge is -2.34. The molecular weight excluding hydrogens is 280 g/mol. The molecule has 0 spiro atoms. The molecule has 1 aliphatic heterocycles. The summed E-state index contributed by atoms with van der Waals surface area (Å²) >= 11 is 1.84. The number of hydrogen-bond donors (Lipinski definition) is 2. The van der Waals surface area contributed by atoms with Crippen molar-refractivity contribution < 1.29 is 10.1 Å². The molecule has 7 nitrogen and oxygen atoms in total. The van der Waals surface area contributed by atoms with E-state index >= 15 is 0 Å². The van der Waals surface area contributed by atoms with Crippen LogP contribution in [0.15, 0.2) is 23.4 Å². The zero-order valence-corrected chi connectivity index (χ0v) is 11.8. The fraction of sp³-hybridized carbons (Fsp3) is 0.417. The van der Waals surface area contributed by atoms with Crippen molar-refractivity contribution in [3.05, 3.63) is 33.9 Å². The van der Waals surface area contributed by atoms with Gasteiger partial charge in [-0.3, -0.25) is 10.1 Å². The van der Waals surface area contributed by atoms with Crippen molar-refractivity contribution in [1.29, 1.82) is 0 Å². The first-order chi connectivity index (χ1) is 9.54. The summed E-state index contributed by atoms with van der Waals surface area (Å²) in [5, 5.41) is 22.8. The number of nitrogens with zero attached hydrogens (tertiary/aromatic N) is 3. The fourth-order valence-corrected chi connectivity index (χ4v) is 3.23. The van der Waals surface area contributed by atoms with E-state index in [0.717, 1.165) is 18.1 Å². The van der Waals surface area contributed by atoms with E-state index in [2.05, 4.69) is 5.16 Å². The summed E-state index contributed by atoms with van der Waals surface area (Å²) in [5.41, 5.74) is 6.38. The summed E-state index contributed by atoms with van der Waals surface area (Å²) in [4.78, 5) is 12.9. The first-order valence-corrected chi connectivity index (χ1v) is 7.30. The number of hydrogen-bond acceptors (Lipinski definition) is 6. The van der Waals surface area contributed by atoms with Crippen LogP contribution in [-0.4, -0.2) is 40.1 Å². The van der Waals surface area contributed by atoms with E-state index in [4.69, 9.17) is 10.9 Å². The summed E-state index contributed by atoms with van der Waals surface area (Å²) in [6, 6.07) is 4.88. The summed E-state index contributed by atoms with van der Waals surface area (Å²) in [7, 11) is 0. The topological polar surface area (TPSA) is 105 Å². The molecule has 1 aliphatic rings. The summed E-state index contributed by atoms with van der Waals surface area (Å²) in [6.45, 7) is 2.82. The Morgan fingerprint density at radius 1 is 1.65 bits per heavy atom. The minimum absolute atomic E-state index is 0.0205. The molecule has 0 radical (unpaired) electrons. The van der Waals surface area contributed by atoms with Gasteiger partial charge in [-0.05, 0) is 19.1 Å². The standard InChI is InChI=1S/C12H16N4O3S/c1-8-7-20-5-4-15(8)10-3-2-9(12(13)14-17)6-11(10)16(18)19/h2-3,6,8,17H,4-5,7H2,1H3,(H2,13,14). The first kappa shape index (κ1) is 14.4. The van der Waals surface area contributed by atoms with E-state index in [0.29, 0.717) is 11.3 Å². The maximum Gasteiger partial charge on any atom is 0.293 e. The van der Waals surface area contributed by atoms with E-state index in [1.165, 1.54) is 6.07 Å². The van der Waals surface area contributed by atoms with Crippen molar-refractivity contribution >= 4 is 29.0 Å². The molecule has 0 aliphatic carbocycles. The van der Waals surface area contributed by atoms with Gasteiger partial charge < -0.3 is 15.8 Å². The largest absolute Gasteiger partial charge is 0.409 e. The van der Waals surface area contributed by atoms with Crippen LogP contribution >= 0.6 is 11.8 Å². The molecule has 1 aromatic rings. The Morgan fingerprint density at radius 2 is 2.40 bits per heavy atom. The van der Waals surface area contributed by atoms with Crippen LogP contribution in [0.2, 0.25) is 0 Å². The fourth-order valence-electron chi connectivity index (χ4n) is 2.21. The van der Waals surface area contributed by atoms with E-state index in [1.54, 1.807) is 12.1 Å². The monoisotopic (exact) mass is 296 g/mol. The molecule has 1 aromatic carbocycles. The molecular formula is C12H16N4O3S. The molecule has 1 atom stereocenters. The molecule has 108 valence electrons. The van der Waals surface area contributed by atoms with Gasteiger partial charge in [0.2, 0.25) is 0 Å². The highest BCUT2D eigenvalue weighted by Gasteiger charge is 2.26. The van der Waals surface area contributed by atoms with Crippen molar-refractivity contribution in [2.24, 2.45) is 10.9 Å². The van der Waals surface area contributed by atoms with Gasteiger partial charge in [-0.2, -0.15) is 11.8 Å². The Morgan fingerprint density at radius 3 is 3.00 bits per heavy atom. The average molecular weight is 296 g/mol. The molecule has 0 amide bonds. The number of anilines is 1. The van der Waals surface area contributed by atoms with Gasteiger partial charge >= 0.3 is 0 Å². The predicted molar refractivity (Wildman–Crippen MR) is 79.7 cm³/mol. The molecule has 1 heterocycles. The van der Waals surface area contributed by atoms with Crippen molar-refractivity contribution in [3.8, 4) is 0 Å². The predicted octanol–water partition coefficient (Wildman–Crippen LogP) is 1.63. The van der Waals surface area contributed by atoms with E-state index < -0.39 is 4.92 Å². The number of oxime groups is 1. The number of nitro groups is 1. The molecule has 1 saturated heterocycles. The van der Waals surface area contributed by atoms with Crippen LogP contribution in [0.4, 0.5) is 11.4 Å².